The van der Waals surface area contributed by atoms with E-state index in [0.717, 1.165) is 17.0 Å². The van der Waals surface area contributed by atoms with Crippen LogP contribution in [-0.4, -0.2) is 17.3 Å². The van der Waals surface area contributed by atoms with Crippen molar-refractivity contribution in [3.8, 4) is 0 Å². The highest BCUT2D eigenvalue weighted by Gasteiger charge is 2.22. The zero-order valence-electron chi connectivity index (χ0n) is 11.7. The molecule has 0 aromatic heterocycles. The fourth-order valence-electron chi connectivity index (χ4n) is 2.26. The average Bonchev–Trinajstić information content (AvgIpc) is 2.25. The normalized spacial score (nSPS) is 16.6. The van der Waals surface area contributed by atoms with Crippen LogP contribution in [0.5, 0.6) is 0 Å². The molecule has 102 valence electrons. The molecule has 2 N–H and O–H groups in total. The topological polar surface area (TPSA) is 32.3 Å². The van der Waals surface area contributed by atoms with Crippen molar-refractivity contribution in [2.24, 2.45) is 5.92 Å². The number of benzene rings is 1. The largest absolute Gasteiger partial charge is 0.389 e. The first kappa shape index (κ1) is 15.5. The van der Waals surface area contributed by atoms with Gasteiger partial charge in [-0.2, -0.15) is 0 Å². The zero-order valence-corrected chi connectivity index (χ0v) is 12.5. The molecule has 0 saturated heterocycles. The van der Waals surface area contributed by atoms with Gasteiger partial charge in [-0.05, 0) is 37.8 Å². The number of aliphatic hydroxyl groups is 1. The lowest BCUT2D eigenvalue weighted by Gasteiger charge is -2.28. The van der Waals surface area contributed by atoms with E-state index in [0.29, 0.717) is 12.5 Å². The first-order chi connectivity index (χ1) is 8.32. The lowest BCUT2D eigenvalue weighted by atomic mass is 9.94. The van der Waals surface area contributed by atoms with Crippen molar-refractivity contribution in [1.29, 1.82) is 0 Å². The van der Waals surface area contributed by atoms with E-state index in [1.807, 2.05) is 31.2 Å². The molecule has 2 atom stereocenters. The minimum Gasteiger partial charge on any atom is -0.389 e. The molecule has 0 heterocycles. The molecule has 0 radical (unpaired) electrons. The summed E-state index contributed by atoms with van der Waals surface area (Å²) in [5.74, 6) is 0.484. The first-order valence-corrected chi connectivity index (χ1v) is 6.90. The summed E-state index contributed by atoms with van der Waals surface area (Å²) in [4.78, 5) is 0. The molecule has 1 aromatic rings. The summed E-state index contributed by atoms with van der Waals surface area (Å²) in [5.41, 5.74) is 0.392. The number of hydrogen-bond donors (Lipinski definition) is 2. The molecule has 2 nitrogen and oxygen atoms in total. The van der Waals surface area contributed by atoms with Gasteiger partial charge in [-0.1, -0.05) is 43.6 Å². The van der Waals surface area contributed by atoms with Crippen molar-refractivity contribution in [3.63, 3.8) is 0 Å². The smallest absolute Gasteiger partial charge is 0.0746 e. The summed E-state index contributed by atoms with van der Waals surface area (Å²) in [6.45, 7) is 8.74. The number of rotatable bonds is 6. The van der Waals surface area contributed by atoms with E-state index in [4.69, 9.17) is 11.6 Å². The number of halogens is 1. The third kappa shape index (κ3) is 4.97. The Hall–Kier alpha value is -0.570. The van der Waals surface area contributed by atoms with Gasteiger partial charge in [0.25, 0.3) is 0 Å². The highest BCUT2D eigenvalue weighted by atomic mass is 35.5. The van der Waals surface area contributed by atoms with Gasteiger partial charge >= 0.3 is 0 Å². The summed E-state index contributed by atoms with van der Waals surface area (Å²) in [5, 5.41) is 14.4. The Balaban J connectivity index is 2.56. The van der Waals surface area contributed by atoms with Gasteiger partial charge in [0.2, 0.25) is 0 Å². The van der Waals surface area contributed by atoms with Crippen molar-refractivity contribution >= 4 is 11.6 Å². The van der Waals surface area contributed by atoms with Crippen molar-refractivity contribution in [2.45, 2.75) is 45.8 Å². The van der Waals surface area contributed by atoms with Gasteiger partial charge in [0.05, 0.1) is 5.60 Å². The molecule has 0 aliphatic rings. The van der Waals surface area contributed by atoms with Crippen molar-refractivity contribution in [2.75, 3.05) is 6.54 Å². The summed E-state index contributed by atoms with van der Waals surface area (Å²) in [6.07, 6.45) is 0.787. The molecular formula is C15H24ClNO. The van der Waals surface area contributed by atoms with Crippen LogP contribution in [0, 0.1) is 5.92 Å². The molecule has 0 amide bonds. The van der Waals surface area contributed by atoms with Gasteiger partial charge in [0.1, 0.15) is 0 Å². The predicted molar refractivity (Wildman–Crippen MR) is 77.9 cm³/mol. The van der Waals surface area contributed by atoms with Crippen LogP contribution in [0.4, 0.5) is 0 Å². The highest BCUT2D eigenvalue weighted by Crippen LogP contribution is 2.23. The van der Waals surface area contributed by atoms with Crippen LogP contribution in [0.1, 0.15) is 45.7 Å². The molecule has 2 unspecified atom stereocenters. The maximum Gasteiger partial charge on any atom is 0.0746 e. The fourth-order valence-corrected chi connectivity index (χ4v) is 2.56. The average molecular weight is 270 g/mol. The van der Waals surface area contributed by atoms with Gasteiger partial charge in [0.15, 0.2) is 0 Å². The Morgan fingerprint density at radius 3 is 2.44 bits per heavy atom. The quantitative estimate of drug-likeness (QED) is 0.824. The summed E-state index contributed by atoms with van der Waals surface area (Å²) in [7, 11) is 0. The van der Waals surface area contributed by atoms with E-state index in [1.165, 1.54) is 0 Å². The van der Waals surface area contributed by atoms with Crippen LogP contribution in [0.2, 0.25) is 5.02 Å². The van der Waals surface area contributed by atoms with E-state index in [2.05, 4.69) is 26.1 Å². The van der Waals surface area contributed by atoms with Crippen LogP contribution >= 0.6 is 11.6 Å². The summed E-state index contributed by atoms with van der Waals surface area (Å²) < 4.78 is 0. The second-order valence-corrected chi connectivity index (χ2v) is 6.13. The highest BCUT2D eigenvalue weighted by molar-refractivity contribution is 6.31. The maximum atomic E-state index is 10.3. The van der Waals surface area contributed by atoms with Crippen LogP contribution in [0.25, 0.3) is 0 Å². The molecule has 0 spiro atoms. The lowest BCUT2D eigenvalue weighted by Crippen LogP contribution is -2.39. The lowest BCUT2D eigenvalue weighted by molar-refractivity contribution is 0.0363. The molecule has 18 heavy (non-hydrogen) atoms. The monoisotopic (exact) mass is 269 g/mol. The van der Waals surface area contributed by atoms with Crippen LogP contribution < -0.4 is 5.32 Å². The van der Waals surface area contributed by atoms with Crippen LogP contribution in [0.3, 0.4) is 0 Å². The van der Waals surface area contributed by atoms with Gasteiger partial charge in [-0.25, -0.2) is 0 Å². The van der Waals surface area contributed by atoms with Crippen molar-refractivity contribution in [1.82, 2.24) is 5.32 Å². The van der Waals surface area contributed by atoms with Crippen molar-refractivity contribution in [3.05, 3.63) is 34.9 Å². The Kier molecular flexibility index (Phi) is 5.64. The molecule has 1 rings (SSSR count). The third-order valence-electron chi connectivity index (χ3n) is 3.01. The molecule has 3 heteroatoms. The van der Waals surface area contributed by atoms with E-state index in [-0.39, 0.29) is 6.04 Å². The Bertz CT molecular complexity index is 377. The first-order valence-electron chi connectivity index (χ1n) is 6.52. The molecule has 0 fully saturated rings. The molecule has 0 saturated carbocycles. The Morgan fingerprint density at radius 1 is 1.28 bits per heavy atom. The van der Waals surface area contributed by atoms with Crippen LogP contribution in [-0.2, 0) is 0 Å². The van der Waals surface area contributed by atoms with Crippen LogP contribution in [0.15, 0.2) is 24.3 Å². The molecule has 0 aliphatic heterocycles. The Morgan fingerprint density at radius 2 is 1.89 bits per heavy atom. The van der Waals surface area contributed by atoms with E-state index >= 15 is 0 Å². The van der Waals surface area contributed by atoms with E-state index in [1.54, 1.807) is 0 Å². The SMILES string of the molecule is CC(C)CC(C)(O)CNC(C)c1ccccc1Cl. The van der Waals surface area contributed by atoms with Gasteiger partial charge in [-0.3, -0.25) is 0 Å². The maximum absolute atomic E-state index is 10.3. The third-order valence-corrected chi connectivity index (χ3v) is 3.35. The number of nitrogens with one attached hydrogen (secondary N) is 1. The zero-order chi connectivity index (χ0) is 13.8. The van der Waals surface area contributed by atoms with E-state index in [9.17, 15) is 5.11 Å². The van der Waals surface area contributed by atoms with Gasteiger partial charge in [0, 0.05) is 17.6 Å². The fraction of sp³-hybridized carbons (Fsp3) is 0.600. The Labute approximate surface area is 115 Å². The molecule has 0 bridgehead atoms. The van der Waals surface area contributed by atoms with Crippen molar-refractivity contribution < 1.29 is 5.11 Å². The molecule has 1 aromatic carbocycles. The minimum atomic E-state index is -0.677. The van der Waals surface area contributed by atoms with Gasteiger partial charge in [-0.15, -0.1) is 0 Å². The second-order valence-electron chi connectivity index (χ2n) is 5.72. The summed E-state index contributed by atoms with van der Waals surface area (Å²) in [6, 6.07) is 7.94. The summed E-state index contributed by atoms with van der Waals surface area (Å²) >= 11 is 6.15. The minimum absolute atomic E-state index is 0.136. The molecule has 0 aliphatic carbocycles. The predicted octanol–water partition coefficient (Wildman–Crippen LogP) is 3.79. The number of hydrogen-bond acceptors (Lipinski definition) is 2. The molecular weight excluding hydrogens is 246 g/mol. The second kappa shape index (κ2) is 6.55. The standard InChI is InChI=1S/C15H24ClNO/c1-11(2)9-15(4,18)10-17-12(3)13-7-5-6-8-14(13)16/h5-8,11-12,17-18H,9-10H2,1-4H3. The van der Waals surface area contributed by atoms with Gasteiger partial charge < -0.3 is 10.4 Å². The van der Waals surface area contributed by atoms with E-state index < -0.39 is 5.60 Å².